The standard InChI is InChI=1S/C13H10Br2O6S2/c14-10-1-5-12(6-2-10)22(16,17)20-9-21-23(18,19)13-7-3-11(15)4-8-13/h1-8H,9H2. The molecule has 0 aliphatic heterocycles. The first-order valence-corrected chi connectivity index (χ1v) is 10.4. The lowest BCUT2D eigenvalue weighted by Gasteiger charge is -2.07. The molecule has 0 amide bonds. The predicted octanol–water partition coefficient (Wildman–Crippen LogP) is 3.28. The van der Waals surface area contributed by atoms with E-state index in [1.54, 1.807) is 0 Å². The number of rotatable bonds is 6. The lowest BCUT2D eigenvalue weighted by molar-refractivity contribution is 0.132. The molecule has 0 aliphatic carbocycles. The zero-order valence-corrected chi connectivity index (χ0v) is 16.2. The Hall–Kier alpha value is -0.780. The third kappa shape index (κ3) is 5.10. The van der Waals surface area contributed by atoms with Crippen LogP contribution in [0.25, 0.3) is 0 Å². The van der Waals surface area contributed by atoms with Gasteiger partial charge in [0.15, 0.2) is 6.79 Å². The number of hydrogen-bond acceptors (Lipinski definition) is 6. The zero-order valence-electron chi connectivity index (χ0n) is 11.3. The van der Waals surface area contributed by atoms with Crippen LogP contribution in [0.5, 0.6) is 0 Å². The zero-order chi connectivity index (χ0) is 17.1. The highest BCUT2D eigenvalue weighted by Crippen LogP contribution is 2.19. The summed E-state index contributed by atoms with van der Waals surface area (Å²) in [7, 11) is -8.21. The van der Waals surface area contributed by atoms with Gasteiger partial charge in [0.2, 0.25) is 0 Å². The molecular formula is C13H10Br2O6S2. The maximum absolute atomic E-state index is 11.9. The molecule has 0 radical (unpaired) electrons. The van der Waals surface area contributed by atoms with E-state index in [4.69, 9.17) is 0 Å². The van der Waals surface area contributed by atoms with Gasteiger partial charge in [0.05, 0.1) is 9.79 Å². The third-order valence-electron chi connectivity index (χ3n) is 2.61. The quantitative estimate of drug-likeness (QED) is 0.461. The first kappa shape index (κ1) is 18.6. The van der Waals surface area contributed by atoms with Crippen molar-refractivity contribution in [2.24, 2.45) is 0 Å². The van der Waals surface area contributed by atoms with Crippen LogP contribution in [0.15, 0.2) is 67.3 Å². The van der Waals surface area contributed by atoms with E-state index in [0.29, 0.717) is 8.95 Å². The van der Waals surface area contributed by atoms with Gasteiger partial charge in [-0.3, -0.25) is 0 Å². The Balaban J connectivity index is 2.03. The van der Waals surface area contributed by atoms with E-state index in [1.165, 1.54) is 48.5 Å². The van der Waals surface area contributed by atoms with Crippen LogP contribution < -0.4 is 0 Å². The molecule has 10 heteroatoms. The van der Waals surface area contributed by atoms with Gasteiger partial charge in [0, 0.05) is 8.95 Å². The van der Waals surface area contributed by atoms with Crippen LogP contribution in [0, 0.1) is 0 Å². The fraction of sp³-hybridized carbons (Fsp3) is 0.0769. The van der Waals surface area contributed by atoms with Crippen molar-refractivity contribution in [1.29, 1.82) is 0 Å². The van der Waals surface area contributed by atoms with Gasteiger partial charge in [-0.05, 0) is 48.5 Å². The number of benzene rings is 2. The largest absolute Gasteiger partial charge is 0.299 e. The monoisotopic (exact) mass is 484 g/mol. The molecule has 0 unspecified atom stereocenters. The van der Waals surface area contributed by atoms with Crippen LogP contribution in [0.4, 0.5) is 0 Å². The number of halogens is 2. The van der Waals surface area contributed by atoms with Crippen molar-refractivity contribution in [3.05, 3.63) is 57.5 Å². The van der Waals surface area contributed by atoms with Gasteiger partial charge in [-0.2, -0.15) is 16.8 Å². The first-order valence-electron chi connectivity index (χ1n) is 6.01. The minimum atomic E-state index is -4.11. The van der Waals surface area contributed by atoms with Crippen LogP contribution >= 0.6 is 31.9 Å². The molecule has 0 saturated carbocycles. The highest BCUT2D eigenvalue weighted by Gasteiger charge is 2.19. The molecule has 0 atom stereocenters. The Kier molecular flexibility index (Phi) is 5.98. The summed E-state index contributed by atoms with van der Waals surface area (Å²) < 4.78 is 58.1. The fourth-order valence-corrected chi connectivity index (χ4v) is 3.64. The van der Waals surface area contributed by atoms with E-state index in [0.717, 1.165) is 0 Å². The van der Waals surface area contributed by atoms with Crippen molar-refractivity contribution in [2.45, 2.75) is 9.79 Å². The fourth-order valence-electron chi connectivity index (χ4n) is 1.48. The maximum Gasteiger partial charge on any atom is 0.299 e. The normalized spacial score (nSPS) is 12.3. The molecule has 124 valence electrons. The summed E-state index contributed by atoms with van der Waals surface area (Å²) in [5.74, 6) is 0. The molecule has 0 spiro atoms. The molecule has 23 heavy (non-hydrogen) atoms. The lowest BCUT2D eigenvalue weighted by atomic mass is 10.4. The highest BCUT2D eigenvalue weighted by atomic mass is 79.9. The Bertz CT molecular complexity index is 800. The van der Waals surface area contributed by atoms with E-state index >= 15 is 0 Å². The summed E-state index contributed by atoms with van der Waals surface area (Å²) >= 11 is 6.36. The molecule has 2 rings (SSSR count). The smallest absolute Gasteiger partial charge is 0.236 e. The average Bonchev–Trinajstić information content (AvgIpc) is 2.47. The van der Waals surface area contributed by atoms with Crippen molar-refractivity contribution in [1.82, 2.24) is 0 Å². The summed E-state index contributed by atoms with van der Waals surface area (Å²) in [4.78, 5) is -0.212. The van der Waals surface area contributed by atoms with Crippen LogP contribution in [-0.2, 0) is 28.6 Å². The van der Waals surface area contributed by atoms with Gasteiger partial charge in [0.25, 0.3) is 20.2 Å². The molecule has 0 fully saturated rings. The summed E-state index contributed by atoms with van der Waals surface area (Å²) in [6.45, 7) is -0.948. The second kappa shape index (κ2) is 7.41. The molecule has 0 N–H and O–H groups in total. The van der Waals surface area contributed by atoms with E-state index in [9.17, 15) is 16.8 Å². The van der Waals surface area contributed by atoms with Crippen molar-refractivity contribution in [2.75, 3.05) is 6.79 Å². The van der Waals surface area contributed by atoms with Crippen LogP contribution in [-0.4, -0.2) is 23.6 Å². The third-order valence-corrected chi connectivity index (χ3v) is 6.18. The molecule has 2 aromatic rings. The Labute approximate surface area is 150 Å². The van der Waals surface area contributed by atoms with Crippen LogP contribution in [0.1, 0.15) is 0 Å². The lowest BCUT2D eigenvalue weighted by Crippen LogP contribution is -2.14. The molecule has 0 bridgehead atoms. The molecule has 6 nitrogen and oxygen atoms in total. The summed E-state index contributed by atoms with van der Waals surface area (Å²) in [6, 6.07) is 11.4. The molecule has 0 aliphatic rings. The Morgan fingerprint density at radius 1 is 0.652 bits per heavy atom. The van der Waals surface area contributed by atoms with Crippen LogP contribution in [0.2, 0.25) is 0 Å². The maximum atomic E-state index is 11.9. The topological polar surface area (TPSA) is 86.7 Å². The molecule has 0 saturated heterocycles. The Morgan fingerprint density at radius 2 is 0.957 bits per heavy atom. The summed E-state index contributed by atoms with van der Waals surface area (Å²) in [6.07, 6.45) is 0. The van der Waals surface area contributed by atoms with Crippen molar-refractivity contribution >= 4 is 52.1 Å². The first-order chi connectivity index (χ1) is 10.7. The van der Waals surface area contributed by atoms with Gasteiger partial charge in [-0.25, -0.2) is 8.37 Å². The highest BCUT2D eigenvalue weighted by molar-refractivity contribution is 9.10. The summed E-state index contributed by atoms with van der Waals surface area (Å²) in [5.41, 5.74) is 0. The van der Waals surface area contributed by atoms with Crippen molar-refractivity contribution < 1.29 is 25.2 Å². The van der Waals surface area contributed by atoms with Gasteiger partial charge < -0.3 is 0 Å². The average molecular weight is 486 g/mol. The van der Waals surface area contributed by atoms with Crippen molar-refractivity contribution in [3.63, 3.8) is 0 Å². The van der Waals surface area contributed by atoms with Gasteiger partial charge >= 0.3 is 0 Å². The molecule has 2 aromatic carbocycles. The van der Waals surface area contributed by atoms with Crippen LogP contribution in [0.3, 0.4) is 0 Å². The van der Waals surface area contributed by atoms with Gasteiger partial charge in [0.1, 0.15) is 0 Å². The van der Waals surface area contributed by atoms with E-state index in [2.05, 4.69) is 40.2 Å². The van der Waals surface area contributed by atoms with Gasteiger partial charge in [-0.15, -0.1) is 0 Å². The minimum absolute atomic E-state index is 0.106. The predicted molar refractivity (Wildman–Crippen MR) is 89.7 cm³/mol. The van der Waals surface area contributed by atoms with E-state index in [-0.39, 0.29) is 9.79 Å². The minimum Gasteiger partial charge on any atom is -0.236 e. The van der Waals surface area contributed by atoms with Crippen molar-refractivity contribution in [3.8, 4) is 0 Å². The van der Waals surface area contributed by atoms with E-state index in [1.807, 2.05) is 0 Å². The molecular weight excluding hydrogens is 476 g/mol. The molecule has 0 heterocycles. The second-order valence-corrected chi connectivity index (χ2v) is 9.23. The SMILES string of the molecule is O=S(=O)(OCOS(=O)(=O)c1ccc(Br)cc1)c1ccc(Br)cc1. The number of hydrogen-bond donors (Lipinski definition) is 0. The van der Waals surface area contributed by atoms with Gasteiger partial charge in [-0.1, -0.05) is 31.9 Å². The van der Waals surface area contributed by atoms with E-state index < -0.39 is 27.0 Å². The second-order valence-electron chi connectivity index (χ2n) is 4.17. The Morgan fingerprint density at radius 3 is 1.26 bits per heavy atom. The summed E-state index contributed by atoms with van der Waals surface area (Å²) in [5, 5.41) is 0. The molecule has 0 aromatic heterocycles.